The fraction of sp³-hybridized carbons (Fsp3) is 0.647. The number of likely N-dealkylation sites (tertiary alicyclic amines) is 1. The molecule has 1 aliphatic heterocycles. The molecule has 2 N–H and O–H groups in total. The molecule has 1 saturated heterocycles. The van der Waals surface area contributed by atoms with Gasteiger partial charge in [-0.3, -0.25) is 4.90 Å². The molecule has 20 heavy (non-hydrogen) atoms. The van der Waals surface area contributed by atoms with Gasteiger partial charge >= 0.3 is 0 Å². The van der Waals surface area contributed by atoms with E-state index in [4.69, 9.17) is 0 Å². The van der Waals surface area contributed by atoms with Crippen LogP contribution in [0.2, 0.25) is 0 Å². The summed E-state index contributed by atoms with van der Waals surface area (Å²) in [4.78, 5) is 2.47. The maximum absolute atomic E-state index is 9.65. The number of nitrogens with zero attached hydrogens (tertiary/aromatic N) is 1. The highest BCUT2D eigenvalue weighted by Crippen LogP contribution is 2.30. The van der Waals surface area contributed by atoms with Crippen molar-refractivity contribution >= 4 is 0 Å². The zero-order valence-corrected chi connectivity index (χ0v) is 13.0. The van der Waals surface area contributed by atoms with Crippen molar-refractivity contribution in [3.63, 3.8) is 0 Å². The molecule has 3 heteroatoms. The normalized spacial score (nSPS) is 26.6. The second-order valence-corrected chi connectivity index (χ2v) is 6.44. The summed E-state index contributed by atoms with van der Waals surface area (Å²) in [5.74, 6) is 0.592. The summed E-state index contributed by atoms with van der Waals surface area (Å²) in [6.45, 7) is 7.87. The molecule has 0 amide bonds. The summed E-state index contributed by atoms with van der Waals surface area (Å²) in [5.41, 5.74) is 1.44. The van der Waals surface area contributed by atoms with Crippen LogP contribution in [0.1, 0.15) is 25.8 Å². The molecule has 1 heterocycles. The van der Waals surface area contributed by atoms with E-state index in [-0.39, 0.29) is 12.0 Å². The Morgan fingerprint density at radius 3 is 2.65 bits per heavy atom. The maximum Gasteiger partial charge on any atom is 0.0589 e. The van der Waals surface area contributed by atoms with Gasteiger partial charge in [0.1, 0.15) is 0 Å². The van der Waals surface area contributed by atoms with Crippen molar-refractivity contribution in [2.24, 2.45) is 5.92 Å². The molecule has 3 atom stereocenters. The first-order chi connectivity index (χ1) is 9.60. The van der Waals surface area contributed by atoms with Crippen molar-refractivity contribution in [2.75, 3.05) is 33.3 Å². The van der Waals surface area contributed by atoms with Gasteiger partial charge in [0.15, 0.2) is 0 Å². The first kappa shape index (κ1) is 15.5. The number of likely N-dealkylation sites (N-methyl/N-ethyl adjacent to an activating group) is 1. The maximum atomic E-state index is 9.65. The Balaban J connectivity index is 2.17. The van der Waals surface area contributed by atoms with Crippen LogP contribution in [0.5, 0.6) is 0 Å². The molecular formula is C17H28N2O. The Labute approximate surface area is 123 Å². The molecule has 2 rings (SSSR count). The Morgan fingerprint density at radius 2 is 2.05 bits per heavy atom. The topological polar surface area (TPSA) is 35.5 Å². The van der Waals surface area contributed by atoms with Crippen molar-refractivity contribution in [1.29, 1.82) is 0 Å². The van der Waals surface area contributed by atoms with Crippen molar-refractivity contribution < 1.29 is 5.11 Å². The van der Waals surface area contributed by atoms with Gasteiger partial charge in [-0.05, 0) is 31.5 Å². The molecule has 0 saturated carbocycles. The number of nitrogens with one attached hydrogen (secondary N) is 1. The van der Waals surface area contributed by atoms with Crippen molar-refractivity contribution in [2.45, 2.75) is 31.7 Å². The number of aliphatic hydroxyl groups excluding tert-OH is 1. The summed E-state index contributed by atoms with van der Waals surface area (Å²) in [6.07, 6.45) is 1.19. The third kappa shape index (κ3) is 3.22. The zero-order chi connectivity index (χ0) is 14.6. The second kappa shape index (κ2) is 6.70. The molecule has 0 bridgehead atoms. The van der Waals surface area contributed by atoms with Gasteiger partial charge in [0.2, 0.25) is 0 Å². The molecule has 1 aromatic carbocycles. The summed E-state index contributed by atoms with van der Waals surface area (Å²) in [6, 6.07) is 11.0. The van der Waals surface area contributed by atoms with Crippen LogP contribution in [0.15, 0.2) is 30.3 Å². The Bertz CT molecular complexity index is 409. The molecule has 0 aliphatic carbocycles. The van der Waals surface area contributed by atoms with Crippen molar-refractivity contribution in [3.8, 4) is 0 Å². The minimum absolute atomic E-state index is 0.0769. The predicted molar refractivity (Wildman–Crippen MR) is 83.9 cm³/mol. The molecule has 0 radical (unpaired) electrons. The van der Waals surface area contributed by atoms with Crippen LogP contribution in [0.25, 0.3) is 0 Å². The molecule has 1 fully saturated rings. The average molecular weight is 276 g/mol. The quantitative estimate of drug-likeness (QED) is 0.832. The van der Waals surface area contributed by atoms with E-state index in [0.29, 0.717) is 12.0 Å². The molecule has 1 aromatic rings. The van der Waals surface area contributed by atoms with Gasteiger partial charge in [0, 0.05) is 24.5 Å². The fourth-order valence-corrected chi connectivity index (χ4v) is 3.51. The highest BCUT2D eigenvalue weighted by Gasteiger charge is 2.36. The largest absolute Gasteiger partial charge is 0.395 e. The van der Waals surface area contributed by atoms with Gasteiger partial charge in [0.25, 0.3) is 0 Å². The molecule has 3 unspecified atom stereocenters. The van der Waals surface area contributed by atoms with E-state index >= 15 is 0 Å². The molecule has 1 aliphatic rings. The van der Waals surface area contributed by atoms with Crippen LogP contribution >= 0.6 is 0 Å². The number of benzene rings is 1. The fourth-order valence-electron chi connectivity index (χ4n) is 3.51. The highest BCUT2D eigenvalue weighted by molar-refractivity contribution is 5.26. The van der Waals surface area contributed by atoms with E-state index in [1.807, 2.05) is 7.05 Å². The van der Waals surface area contributed by atoms with Gasteiger partial charge < -0.3 is 10.4 Å². The van der Waals surface area contributed by atoms with Crippen LogP contribution in [0, 0.1) is 5.92 Å². The number of hydrogen-bond acceptors (Lipinski definition) is 3. The Morgan fingerprint density at radius 1 is 1.35 bits per heavy atom. The second-order valence-electron chi connectivity index (χ2n) is 6.44. The smallest absolute Gasteiger partial charge is 0.0589 e. The third-order valence-electron chi connectivity index (χ3n) is 4.77. The molecule has 0 spiro atoms. The van der Waals surface area contributed by atoms with Gasteiger partial charge in [0.05, 0.1) is 6.61 Å². The van der Waals surface area contributed by atoms with E-state index < -0.39 is 0 Å². The minimum atomic E-state index is 0.0769. The van der Waals surface area contributed by atoms with E-state index in [0.717, 1.165) is 19.6 Å². The lowest BCUT2D eigenvalue weighted by molar-refractivity contribution is 0.118. The molecule has 0 aromatic heterocycles. The minimum Gasteiger partial charge on any atom is -0.395 e. The van der Waals surface area contributed by atoms with E-state index in [9.17, 15) is 5.11 Å². The van der Waals surface area contributed by atoms with Crippen LogP contribution in [-0.4, -0.2) is 49.3 Å². The summed E-state index contributed by atoms with van der Waals surface area (Å²) in [7, 11) is 2.01. The van der Waals surface area contributed by atoms with Crippen LogP contribution in [0.3, 0.4) is 0 Å². The van der Waals surface area contributed by atoms with Gasteiger partial charge in [-0.15, -0.1) is 0 Å². The lowest BCUT2D eigenvalue weighted by Crippen LogP contribution is -2.48. The predicted octanol–water partition coefficient (Wildman–Crippen LogP) is 1.87. The molecular weight excluding hydrogens is 248 g/mol. The number of aliphatic hydroxyl groups is 1. The zero-order valence-electron chi connectivity index (χ0n) is 13.0. The van der Waals surface area contributed by atoms with Gasteiger partial charge in [-0.1, -0.05) is 44.2 Å². The molecule has 3 nitrogen and oxygen atoms in total. The first-order valence-corrected chi connectivity index (χ1v) is 7.66. The average Bonchev–Trinajstić information content (AvgIpc) is 2.80. The standard InChI is InChI=1S/C17H28N2O/c1-14-9-10-19(16(14)11-20)13-17(2,12-18-3)15-7-5-4-6-8-15/h4-8,14,16,18,20H,9-13H2,1-3H3. The Kier molecular flexibility index (Phi) is 5.19. The van der Waals surface area contributed by atoms with E-state index in [2.05, 4.69) is 54.4 Å². The monoisotopic (exact) mass is 276 g/mol. The van der Waals surface area contributed by atoms with Crippen LogP contribution in [-0.2, 0) is 5.41 Å². The van der Waals surface area contributed by atoms with Crippen molar-refractivity contribution in [1.82, 2.24) is 10.2 Å². The summed E-state index contributed by atoms with van der Waals surface area (Å²) < 4.78 is 0. The van der Waals surface area contributed by atoms with E-state index in [1.165, 1.54) is 12.0 Å². The van der Waals surface area contributed by atoms with Crippen LogP contribution < -0.4 is 5.32 Å². The summed E-state index contributed by atoms with van der Waals surface area (Å²) in [5, 5.41) is 13.0. The van der Waals surface area contributed by atoms with Gasteiger partial charge in [-0.2, -0.15) is 0 Å². The Hall–Kier alpha value is -0.900. The first-order valence-electron chi connectivity index (χ1n) is 7.66. The molecule has 112 valence electrons. The van der Waals surface area contributed by atoms with Gasteiger partial charge in [-0.25, -0.2) is 0 Å². The lowest BCUT2D eigenvalue weighted by atomic mass is 9.81. The van der Waals surface area contributed by atoms with Crippen molar-refractivity contribution in [3.05, 3.63) is 35.9 Å². The van der Waals surface area contributed by atoms with E-state index in [1.54, 1.807) is 0 Å². The lowest BCUT2D eigenvalue weighted by Gasteiger charge is -2.37. The SMILES string of the molecule is CNCC(C)(CN1CCC(C)C1CO)c1ccccc1. The van der Waals surface area contributed by atoms with Crippen LogP contribution in [0.4, 0.5) is 0 Å². The third-order valence-corrected chi connectivity index (χ3v) is 4.77. The number of hydrogen-bond donors (Lipinski definition) is 2. The highest BCUT2D eigenvalue weighted by atomic mass is 16.3. The number of rotatable bonds is 6. The summed E-state index contributed by atoms with van der Waals surface area (Å²) >= 11 is 0.